The average Bonchev–Trinajstić information content (AvgIpc) is 2.98. The number of pyridine rings is 1. The van der Waals surface area contributed by atoms with Crippen LogP contribution in [0, 0.1) is 17.6 Å². The van der Waals surface area contributed by atoms with Gasteiger partial charge in [-0.25, -0.2) is 8.78 Å². The minimum absolute atomic E-state index is 0.0520. The number of hydrogen-bond donors (Lipinski definition) is 0. The standard InChI is InChI=1S/C21H23F2N3O2/c1-28-17-7-18(22)20(19(23)8-17)21(27)26-12-15-4-5-16(26)13-25(11-15)10-14-3-2-6-24-9-14/h2-3,6-9,15-16H,4-5,10-13H2,1H3/t15-,16+/m0/s1. The van der Waals surface area contributed by atoms with Crippen molar-refractivity contribution in [2.75, 3.05) is 26.7 Å². The number of piperidine rings is 1. The molecule has 7 heteroatoms. The molecule has 4 heterocycles. The molecule has 1 amide bonds. The molecule has 2 atom stereocenters. The summed E-state index contributed by atoms with van der Waals surface area (Å²) in [6, 6.07) is 6.00. The molecule has 2 aromatic rings. The molecule has 1 aromatic carbocycles. The van der Waals surface area contributed by atoms with Gasteiger partial charge in [0, 0.05) is 56.7 Å². The van der Waals surface area contributed by atoms with Crippen molar-refractivity contribution >= 4 is 5.91 Å². The molecule has 0 saturated carbocycles. The number of fused-ring (bicyclic) bond motifs is 4. The zero-order valence-electron chi connectivity index (χ0n) is 15.8. The van der Waals surface area contributed by atoms with Crippen LogP contribution in [0.15, 0.2) is 36.7 Å². The number of carbonyl (C=O) groups is 1. The van der Waals surface area contributed by atoms with Crippen LogP contribution in [-0.4, -0.2) is 53.5 Å². The van der Waals surface area contributed by atoms with Crippen LogP contribution in [0.5, 0.6) is 5.75 Å². The summed E-state index contributed by atoms with van der Waals surface area (Å²) >= 11 is 0. The number of nitrogens with zero attached hydrogens (tertiary/aromatic N) is 3. The van der Waals surface area contributed by atoms with Gasteiger partial charge in [0.1, 0.15) is 22.9 Å². The molecule has 0 radical (unpaired) electrons. The third kappa shape index (κ3) is 3.71. The summed E-state index contributed by atoms with van der Waals surface area (Å²) in [5.74, 6) is -1.98. The summed E-state index contributed by atoms with van der Waals surface area (Å²) in [5.41, 5.74) is 0.626. The number of ether oxygens (including phenoxy) is 1. The Morgan fingerprint density at radius 2 is 2.00 bits per heavy atom. The van der Waals surface area contributed by atoms with Gasteiger partial charge in [-0.05, 0) is 30.4 Å². The molecule has 0 spiro atoms. The fourth-order valence-electron chi connectivity index (χ4n) is 4.32. The molecule has 0 unspecified atom stereocenters. The minimum Gasteiger partial charge on any atom is -0.497 e. The maximum atomic E-state index is 14.4. The number of methoxy groups -OCH3 is 1. The van der Waals surface area contributed by atoms with Crippen molar-refractivity contribution in [1.29, 1.82) is 0 Å². The molecular formula is C21H23F2N3O2. The van der Waals surface area contributed by atoms with Crippen LogP contribution < -0.4 is 4.74 Å². The lowest BCUT2D eigenvalue weighted by Gasteiger charge is -2.36. The van der Waals surface area contributed by atoms with E-state index in [9.17, 15) is 13.6 Å². The largest absolute Gasteiger partial charge is 0.497 e. The second-order valence-corrected chi connectivity index (χ2v) is 7.58. The predicted octanol–water partition coefficient (Wildman–Crippen LogP) is 3.11. The number of benzene rings is 1. The van der Waals surface area contributed by atoms with E-state index < -0.39 is 23.1 Å². The Balaban J connectivity index is 1.54. The first-order valence-electron chi connectivity index (χ1n) is 9.50. The third-order valence-electron chi connectivity index (χ3n) is 5.64. The summed E-state index contributed by atoms with van der Waals surface area (Å²) in [5, 5.41) is 0. The van der Waals surface area contributed by atoms with E-state index in [0.717, 1.165) is 43.6 Å². The van der Waals surface area contributed by atoms with Crippen LogP contribution in [0.3, 0.4) is 0 Å². The normalized spacial score (nSPS) is 22.2. The Hall–Kier alpha value is -2.54. The maximum absolute atomic E-state index is 14.4. The zero-order valence-corrected chi connectivity index (χ0v) is 15.8. The molecular weight excluding hydrogens is 364 g/mol. The molecule has 148 valence electrons. The maximum Gasteiger partial charge on any atom is 0.260 e. The molecule has 3 aliphatic heterocycles. The SMILES string of the molecule is COc1cc(F)c(C(=O)N2C[C@H]3CC[C@@H]2CN(Cc2cccnc2)C3)c(F)c1. The van der Waals surface area contributed by atoms with E-state index in [0.29, 0.717) is 19.0 Å². The first-order valence-corrected chi connectivity index (χ1v) is 9.50. The summed E-state index contributed by atoms with van der Waals surface area (Å²) in [6.07, 6.45) is 5.46. The van der Waals surface area contributed by atoms with Gasteiger partial charge in [0.25, 0.3) is 5.91 Å². The molecule has 3 saturated heterocycles. The first-order chi connectivity index (χ1) is 13.5. The van der Waals surface area contributed by atoms with E-state index >= 15 is 0 Å². The number of hydrogen-bond acceptors (Lipinski definition) is 4. The highest BCUT2D eigenvalue weighted by Gasteiger charge is 2.39. The molecule has 3 fully saturated rings. The molecule has 5 rings (SSSR count). The topological polar surface area (TPSA) is 45.7 Å². The highest BCUT2D eigenvalue weighted by Crippen LogP contribution is 2.31. The molecule has 28 heavy (non-hydrogen) atoms. The van der Waals surface area contributed by atoms with Crippen LogP contribution >= 0.6 is 0 Å². The van der Waals surface area contributed by atoms with Gasteiger partial charge in [-0.3, -0.25) is 14.7 Å². The van der Waals surface area contributed by atoms with Crippen molar-refractivity contribution in [1.82, 2.24) is 14.8 Å². The Morgan fingerprint density at radius 3 is 2.68 bits per heavy atom. The number of halogens is 2. The van der Waals surface area contributed by atoms with Crippen molar-refractivity contribution in [3.63, 3.8) is 0 Å². The van der Waals surface area contributed by atoms with Crippen LogP contribution in [0.2, 0.25) is 0 Å². The molecule has 3 aliphatic rings. The van der Waals surface area contributed by atoms with Crippen LogP contribution in [-0.2, 0) is 6.54 Å². The number of carbonyl (C=O) groups excluding carboxylic acids is 1. The number of rotatable bonds is 4. The fourth-order valence-corrected chi connectivity index (χ4v) is 4.32. The van der Waals surface area contributed by atoms with Gasteiger partial charge in [-0.15, -0.1) is 0 Å². The second-order valence-electron chi connectivity index (χ2n) is 7.58. The molecule has 1 aromatic heterocycles. The lowest BCUT2D eigenvalue weighted by molar-refractivity contribution is 0.0575. The molecule has 2 bridgehead atoms. The van der Waals surface area contributed by atoms with E-state index in [1.807, 2.05) is 18.3 Å². The monoisotopic (exact) mass is 387 g/mol. The summed E-state index contributed by atoms with van der Waals surface area (Å²) < 4.78 is 33.7. The van der Waals surface area contributed by atoms with Gasteiger partial charge in [0.05, 0.1) is 7.11 Å². The number of amides is 1. The smallest absolute Gasteiger partial charge is 0.260 e. The Morgan fingerprint density at radius 1 is 1.21 bits per heavy atom. The lowest BCUT2D eigenvalue weighted by atomic mass is 9.94. The van der Waals surface area contributed by atoms with E-state index in [-0.39, 0.29) is 11.8 Å². The van der Waals surface area contributed by atoms with Crippen LogP contribution in [0.25, 0.3) is 0 Å². The number of aromatic nitrogens is 1. The van der Waals surface area contributed by atoms with Gasteiger partial charge in [0.2, 0.25) is 0 Å². The van der Waals surface area contributed by atoms with Crippen molar-refractivity contribution < 1.29 is 18.3 Å². The summed E-state index contributed by atoms with van der Waals surface area (Å²) in [6.45, 7) is 2.84. The van der Waals surface area contributed by atoms with E-state index in [4.69, 9.17) is 4.74 Å². The summed E-state index contributed by atoms with van der Waals surface area (Å²) in [7, 11) is 1.33. The van der Waals surface area contributed by atoms with E-state index in [1.165, 1.54) is 7.11 Å². The van der Waals surface area contributed by atoms with Crippen molar-refractivity contribution in [3.8, 4) is 5.75 Å². The van der Waals surface area contributed by atoms with Crippen molar-refractivity contribution in [3.05, 3.63) is 59.4 Å². The highest BCUT2D eigenvalue weighted by molar-refractivity contribution is 5.95. The quantitative estimate of drug-likeness (QED) is 0.809. The van der Waals surface area contributed by atoms with Crippen LogP contribution in [0.4, 0.5) is 8.78 Å². The van der Waals surface area contributed by atoms with Crippen LogP contribution in [0.1, 0.15) is 28.8 Å². The van der Waals surface area contributed by atoms with Gasteiger partial charge in [0.15, 0.2) is 0 Å². The van der Waals surface area contributed by atoms with E-state index in [1.54, 1.807) is 11.1 Å². The second kappa shape index (κ2) is 7.83. The van der Waals surface area contributed by atoms with Crippen molar-refractivity contribution in [2.45, 2.75) is 25.4 Å². The molecule has 0 aliphatic carbocycles. The van der Waals surface area contributed by atoms with Gasteiger partial charge >= 0.3 is 0 Å². The Bertz CT molecular complexity index is 839. The summed E-state index contributed by atoms with van der Waals surface area (Å²) in [4.78, 5) is 21.2. The van der Waals surface area contributed by atoms with Crippen molar-refractivity contribution in [2.24, 2.45) is 5.92 Å². The van der Waals surface area contributed by atoms with Gasteiger partial charge in [-0.2, -0.15) is 0 Å². The Labute approximate surface area is 162 Å². The van der Waals surface area contributed by atoms with Gasteiger partial charge < -0.3 is 9.64 Å². The lowest BCUT2D eigenvalue weighted by Crippen LogP contribution is -2.47. The first kappa shape index (κ1) is 18.8. The molecule has 5 nitrogen and oxygen atoms in total. The zero-order chi connectivity index (χ0) is 19.7. The van der Waals surface area contributed by atoms with E-state index in [2.05, 4.69) is 9.88 Å². The highest BCUT2D eigenvalue weighted by atomic mass is 19.1. The average molecular weight is 387 g/mol. The predicted molar refractivity (Wildman–Crippen MR) is 100.0 cm³/mol. The Kier molecular flexibility index (Phi) is 5.26. The molecule has 0 N–H and O–H groups in total. The minimum atomic E-state index is -0.880. The third-order valence-corrected chi connectivity index (χ3v) is 5.64. The fraction of sp³-hybridized carbons (Fsp3) is 0.429. The van der Waals surface area contributed by atoms with Gasteiger partial charge in [-0.1, -0.05) is 6.07 Å².